The topological polar surface area (TPSA) is 46.5 Å². The number of likely N-dealkylation sites (tertiary alicyclic amines) is 1. The molecule has 1 amide bonds. The van der Waals surface area contributed by atoms with Gasteiger partial charge in [0.2, 0.25) is 0 Å². The summed E-state index contributed by atoms with van der Waals surface area (Å²) < 4.78 is 7.67. The minimum atomic E-state index is -0.418. The van der Waals surface area contributed by atoms with E-state index in [2.05, 4.69) is 35.3 Å². The fourth-order valence-corrected chi connectivity index (χ4v) is 2.90. The molecule has 2 heterocycles. The van der Waals surface area contributed by atoms with E-state index < -0.39 is 5.60 Å². The lowest BCUT2D eigenvalue weighted by Gasteiger charge is -2.24. The summed E-state index contributed by atoms with van der Waals surface area (Å²) in [5.41, 5.74) is 0.902. The Balaban J connectivity index is 1.68. The Labute approximate surface area is 140 Å². The minimum Gasteiger partial charge on any atom is -0.444 e. The maximum atomic E-state index is 12.0. The summed E-state index contributed by atoms with van der Waals surface area (Å²) in [4.78, 5) is 13.9. The van der Waals surface area contributed by atoms with Gasteiger partial charge in [-0.3, -0.25) is 0 Å². The van der Waals surface area contributed by atoms with E-state index in [0.717, 1.165) is 45.6 Å². The molecule has 1 aliphatic heterocycles. The maximum Gasteiger partial charge on any atom is 0.410 e. The Bertz CT molecular complexity index is 505. The molecular formula is C18H31N3O2. The Hall–Kier alpha value is -1.49. The van der Waals surface area contributed by atoms with E-state index in [4.69, 9.17) is 4.74 Å². The first-order chi connectivity index (χ1) is 10.9. The van der Waals surface area contributed by atoms with E-state index >= 15 is 0 Å². The van der Waals surface area contributed by atoms with Crippen LogP contribution in [-0.2, 0) is 17.8 Å². The van der Waals surface area contributed by atoms with Crippen LogP contribution >= 0.6 is 0 Å². The first kappa shape index (κ1) is 17.9. The standard InChI is InChI=1S/C18H31N3O2/c1-5-8-20-9-6-15(13-20)11-19-12-16-7-10-21(14-16)17(22)23-18(2,3)4/h6,9,13,16,19H,5,7-8,10-12,14H2,1-4H3. The molecule has 0 aromatic carbocycles. The third-order valence-electron chi connectivity index (χ3n) is 3.99. The molecule has 0 spiro atoms. The minimum absolute atomic E-state index is 0.184. The largest absolute Gasteiger partial charge is 0.444 e. The van der Waals surface area contributed by atoms with Crippen LogP contribution in [0.2, 0.25) is 0 Å². The number of nitrogens with one attached hydrogen (secondary N) is 1. The number of hydrogen-bond donors (Lipinski definition) is 1. The first-order valence-corrected chi connectivity index (χ1v) is 8.70. The molecule has 0 radical (unpaired) electrons. The van der Waals surface area contributed by atoms with Crippen LogP contribution in [-0.4, -0.2) is 40.8 Å². The van der Waals surface area contributed by atoms with Crippen molar-refractivity contribution in [3.63, 3.8) is 0 Å². The van der Waals surface area contributed by atoms with Gasteiger partial charge in [-0.05, 0) is 51.2 Å². The van der Waals surface area contributed by atoms with Crippen molar-refractivity contribution >= 4 is 6.09 Å². The average molecular weight is 321 g/mol. The number of aryl methyl sites for hydroxylation is 1. The Morgan fingerprint density at radius 3 is 2.91 bits per heavy atom. The van der Waals surface area contributed by atoms with Gasteiger partial charge in [0, 0.05) is 45.1 Å². The highest BCUT2D eigenvalue weighted by atomic mass is 16.6. The van der Waals surface area contributed by atoms with Crippen LogP contribution in [0.15, 0.2) is 18.5 Å². The Morgan fingerprint density at radius 1 is 1.43 bits per heavy atom. The summed E-state index contributed by atoms with van der Waals surface area (Å²) in [6.45, 7) is 12.4. The fraction of sp³-hybridized carbons (Fsp3) is 0.722. The van der Waals surface area contributed by atoms with E-state index in [9.17, 15) is 4.79 Å². The van der Waals surface area contributed by atoms with Crippen molar-refractivity contribution in [2.45, 2.75) is 59.2 Å². The third-order valence-corrected chi connectivity index (χ3v) is 3.99. The van der Waals surface area contributed by atoms with Crippen molar-refractivity contribution < 1.29 is 9.53 Å². The van der Waals surface area contributed by atoms with Crippen LogP contribution in [0.25, 0.3) is 0 Å². The molecule has 1 unspecified atom stereocenters. The second-order valence-corrected chi connectivity index (χ2v) is 7.47. The van der Waals surface area contributed by atoms with Crippen molar-refractivity contribution in [2.24, 2.45) is 5.92 Å². The smallest absolute Gasteiger partial charge is 0.410 e. The molecule has 5 heteroatoms. The van der Waals surface area contributed by atoms with Gasteiger partial charge in [-0.1, -0.05) is 6.92 Å². The van der Waals surface area contributed by atoms with Crippen LogP contribution in [0.1, 0.15) is 46.1 Å². The number of carbonyl (C=O) groups is 1. The van der Waals surface area contributed by atoms with E-state index in [1.165, 1.54) is 5.56 Å². The molecule has 5 nitrogen and oxygen atoms in total. The van der Waals surface area contributed by atoms with Crippen molar-refractivity contribution in [1.29, 1.82) is 0 Å². The zero-order chi connectivity index (χ0) is 16.9. The molecule has 1 fully saturated rings. The lowest BCUT2D eigenvalue weighted by molar-refractivity contribution is 0.0288. The second kappa shape index (κ2) is 7.86. The predicted octanol–water partition coefficient (Wildman–Crippen LogP) is 3.24. The zero-order valence-electron chi connectivity index (χ0n) is 15.0. The third kappa shape index (κ3) is 5.90. The fourth-order valence-electron chi connectivity index (χ4n) is 2.90. The van der Waals surface area contributed by atoms with Gasteiger partial charge in [-0.25, -0.2) is 4.79 Å². The van der Waals surface area contributed by atoms with E-state index in [1.807, 2.05) is 25.7 Å². The SMILES string of the molecule is CCCn1ccc(CNCC2CCN(C(=O)OC(C)(C)C)C2)c1. The molecule has 23 heavy (non-hydrogen) atoms. The summed E-state index contributed by atoms with van der Waals surface area (Å²) in [7, 11) is 0. The van der Waals surface area contributed by atoms with Gasteiger partial charge in [-0.15, -0.1) is 0 Å². The Kier molecular flexibility index (Phi) is 6.10. The number of amides is 1. The maximum absolute atomic E-state index is 12.0. The van der Waals surface area contributed by atoms with Crippen molar-refractivity contribution in [3.05, 3.63) is 24.0 Å². The molecule has 1 saturated heterocycles. The van der Waals surface area contributed by atoms with Gasteiger partial charge in [0.1, 0.15) is 5.60 Å². The lowest BCUT2D eigenvalue weighted by Crippen LogP contribution is -2.36. The molecule has 1 aliphatic rings. The molecule has 130 valence electrons. The molecular weight excluding hydrogens is 290 g/mol. The summed E-state index contributed by atoms with van der Waals surface area (Å²) in [5, 5.41) is 3.51. The summed E-state index contributed by atoms with van der Waals surface area (Å²) in [6, 6.07) is 2.17. The normalized spacial score (nSPS) is 18.4. The lowest BCUT2D eigenvalue weighted by atomic mass is 10.1. The van der Waals surface area contributed by atoms with Crippen LogP contribution in [0, 0.1) is 5.92 Å². The van der Waals surface area contributed by atoms with E-state index in [-0.39, 0.29) is 6.09 Å². The summed E-state index contributed by atoms with van der Waals surface area (Å²) in [5.74, 6) is 0.514. The first-order valence-electron chi connectivity index (χ1n) is 8.70. The number of aromatic nitrogens is 1. The van der Waals surface area contributed by atoms with Gasteiger partial charge < -0.3 is 19.5 Å². The molecule has 1 aromatic rings. The highest BCUT2D eigenvalue weighted by Gasteiger charge is 2.29. The molecule has 2 rings (SSSR count). The van der Waals surface area contributed by atoms with Crippen molar-refractivity contribution in [1.82, 2.24) is 14.8 Å². The second-order valence-electron chi connectivity index (χ2n) is 7.47. The van der Waals surface area contributed by atoms with Crippen LogP contribution < -0.4 is 5.32 Å². The van der Waals surface area contributed by atoms with Crippen LogP contribution in [0.4, 0.5) is 4.79 Å². The number of ether oxygens (including phenoxy) is 1. The van der Waals surface area contributed by atoms with Gasteiger partial charge in [-0.2, -0.15) is 0 Å². The van der Waals surface area contributed by atoms with Gasteiger partial charge >= 0.3 is 6.09 Å². The monoisotopic (exact) mass is 321 g/mol. The van der Waals surface area contributed by atoms with Crippen molar-refractivity contribution in [2.75, 3.05) is 19.6 Å². The van der Waals surface area contributed by atoms with E-state index in [0.29, 0.717) is 5.92 Å². The van der Waals surface area contributed by atoms with Crippen molar-refractivity contribution in [3.8, 4) is 0 Å². The van der Waals surface area contributed by atoms with Crippen LogP contribution in [0.3, 0.4) is 0 Å². The molecule has 0 bridgehead atoms. The highest BCUT2D eigenvalue weighted by Crippen LogP contribution is 2.19. The summed E-state index contributed by atoms with van der Waals surface area (Å²) in [6.07, 6.45) is 6.36. The highest BCUT2D eigenvalue weighted by molar-refractivity contribution is 5.68. The molecule has 0 aliphatic carbocycles. The molecule has 1 aromatic heterocycles. The molecule has 1 N–H and O–H groups in total. The number of rotatable bonds is 6. The number of nitrogens with zero attached hydrogens (tertiary/aromatic N) is 2. The number of hydrogen-bond acceptors (Lipinski definition) is 3. The predicted molar refractivity (Wildman–Crippen MR) is 92.3 cm³/mol. The molecule has 1 atom stereocenters. The van der Waals surface area contributed by atoms with Crippen LogP contribution in [0.5, 0.6) is 0 Å². The van der Waals surface area contributed by atoms with Gasteiger partial charge in [0.15, 0.2) is 0 Å². The van der Waals surface area contributed by atoms with Gasteiger partial charge in [0.05, 0.1) is 0 Å². The zero-order valence-corrected chi connectivity index (χ0v) is 15.0. The summed E-state index contributed by atoms with van der Waals surface area (Å²) >= 11 is 0. The Morgan fingerprint density at radius 2 is 2.22 bits per heavy atom. The average Bonchev–Trinajstić information content (AvgIpc) is 3.07. The van der Waals surface area contributed by atoms with Gasteiger partial charge in [0.25, 0.3) is 0 Å². The van der Waals surface area contributed by atoms with E-state index in [1.54, 1.807) is 0 Å². The quantitative estimate of drug-likeness (QED) is 0.875. The molecule has 0 saturated carbocycles. The number of carbonyl (C=O) groups excluding carboxylic acids is 1.